The minimum atomic E-state index is -3.63. The molecule has 8 nitrogen and oxygen atoms in total. The van der Waals surface area contributed by atoms with Crippen molar-refractivity contribution in [1.82, 2.24) is 4.57 Å². The summed E-state index contributed by atoms with van der Waals surface area (Å²) >= 11 is 3.41. The topological polar surface area (TPSA) is 92.8 Å². The summed E-state index contributed by atoms with van der Waals surface area (Å²) in [6.07, 6.45) is 1.75. The number of aromatic nitrogens is 1. The highest BCUT2D eigenvalue weighted by Crippen LogP contribution is 2.55. The van der Waals surface area contributed by atoms with E-state index >= 15 is 4.57 Å². The zero-order chi connectivity index (χ0) is 25.6. The first-order chi connectivity index (χ1) is 17.2. The second-order valence-electron chi connectivity index (χ2n) is 8.58. The summed E-state index contributed by atoms with van der Waals surface area (Å²) in [5.41, 5.74) is 5.71. The number of benzene rings is 3. The van der Waals surface area contributed by atoms with Crippen molar-refractivity contribution in [1.29, 1.82) is 0 Å². The molecule has 3 aromatic carbocycles. The van der Waals surface area contributed by atoms with Gasteiger partial charge in [0.2, 0.25) is 0 Å². The lowest BCUT2D eigenvalue weighted by Crippen LogP contribution is -2.32. The standard InChI is InChI=1S/C26H23BrN5O3P/c1-17-9-11-20(12-10-17)30-18(2)23-16-28-31(21-7-5-4-6-8-21)36(35,26(23)19(30)3)29-25-14-13-22(32(33)34)15-24(25)27/h4-16H,1-3H3,(H,29,35)/t36-/m1/s1. The molecule has 0 saturated heterocycles. The third kappa shape index (κ3) is 3.94. The van der Waals surface area contributed by atoms with Gasteiger partial charge in [-0.05, 0) is 67.0 Å². The van der Waals surface area contributed by atoms with E-state index < -0.39 is 12.4 Å². The predicted molar refractivity (Wildman–Crippen MR) is 148 cm³/mol. The summed E-state index contributed by atoms with van der Waals surface area (Å²) in [5, 5.41) is 19.7. The Labute approximate surface area is 217 Å². The van der Waals surface area contributed by atoms with Crippen LogP contribution >= 0.6 is 23.4 Å². The molecule has 2 heterocycles. The predicted octanol–water partition coefficient (Wildman–Crippen LogP) is 6.86. The molecular weight excluding hydrogens is 541 g/mol. The molecule has 10 heteroatoms. The number of non-ortho nitro benzene ring substituents is 1. The number of nitrogens with zero attached hydrogens (tertiary/aromatic N) is 4. The lowest BCUT2D eigenvalue weighted by atomic mass is 10.2. The molecule has 5 rings (SSSR count). The van der Waals surface area contributed by atoms with Crippen molar-refractivity contribution in [2.24, 2.45) is 5.10 Å². The third-order valence-corrected chi connectivity index (χ3v) is 9.48. The number of halogens is 1. The third-order valence-electron chi connectivity index (χ3n) is 6.24. The molecule has 0 aliphatic carbocycles. The lowest BCUT2D eigenvalue weighted by Gasteiger charge is -2.33. The van der Waals surface area contributed by atoms with Gasteiger partial charge in [-0.1, -0.05) is 35.9 Å². The Morgan fingerprint density at radius 3 is 2.28 bits per heavy atom. The molecule has 0 spiro atoms. The smallest absolute Gasteiger partial charge is 0.312 e. The number of para-hydroxylation sites is 1. The Balaban J connectivity index is 1.72. The van der Waals surface area contributed by atoms with Crippen LogP contribution in [0.25, 0.3) is 5.69 Å². The van der Waals surface area contributed by atoms with Crippen LogP contribution in [0.15, 0.2) is 82.4 Å². The second-order valence-corrected chi connectivity index (χ2v) is 11.6. The molecule has 1 atom stereocenters. The number of fused-ring (bicyclic) bond motifs is 1. The maximum Gasteiger partial charge on any atom is 0.312 e. The normalized spacial score (nSPS) is 16.6. The summed E-state index contributed by atoms with van der Waals surface area (Å²) < 4.78 is 19.2. The van der Waals surface area contributed by atoms with Gasteiger partial charge in [0.1, 0.15) is 0 Å². The molecule has 1 N–H and O–H groups in total. The van der Waals surface area contributed by atoms with E-state index in [1.165, 1.54) is 16.9 Å². The maximum absolute atomic E-state index is 15.1. The maximum atomic E-state index is 15.1. The molecule has 0 amide bonds. The zero-order valence-corrected chi connectivity index (χ0v) is 22.3. The van der Waals surface area contributed by atoms with Crippen LogP contribution in [-0.2, 0) is 4.57 Å². The molecule has 0 saturated carbocycles. The van der Waals surface area contributed by atoms with E-state index in [4.69, 9.17) is 0 Å². The number of nitrogens with one attached hydrogen (secondary N) is 1. The molecule has 0 fully saturated rings. The van der Waals surface area contributed by atoms with Crippen molar-refractivity contribution >= 4 is 52.0 Å². The Bertz CT molecular complexity index is 1560. The van der Waals surface area contributed by atoms with Gasteiger partial charge in [-0.15, -0.1) is 0 Å². The summed E-state index contributed by atoms with van der Waals surface area (Å²) in [7, 11) is -3.63. The van der Waals surface area contributed by atoms with Gasteiger partial charge >= 0.3 is 7.44 Å². The molecule has 36 heavy (non-hydrogen) atoms. The fourth-order valence-electron chi connectivity index (χ4n) is 4.51. The van der Waals surface area contributed by atoms with Gasteiger partial charge in [-0.25, -0.2) is 0 Å². The van der Waals surface area contributed by atoms with E-state index in [1.807, 2.05) is 75.4 Å². The van der Waals surface area contributed by atoms with Gasteiger partial charge < -0.3 is 9.65 Å². The molecule has 1 aliphatic heterocycles. The molecule has 1 aliphatic rings. The fourth-order valence-corrected chi connectivity index (χ4v) is 7.78. The zero-order valence-electron chi connectivity index (χ0n) is 19.8. The van der Waals surface area contributed by atoms with Crippen molar-refractivity contribution in [2.45, 2.75) is 20.8 Å². The second kappa shape index (κ2) is 9.08. The van der Waals surface area contributed by atoms with Gasteiger partial charge in [0.05, 0.1) is 27.8 Å². The van der Waals surface area contributed by atoms with Crippen LogP contribution in [0.3, 0.4) is 0 Å². The first kappa shape index (κ1) is 24.0. The number of anilines is 2. The van der Waals surface area contributed by atoms with E-state index in [0.29, 0.717) is 21.2 Å². The van der Waals surface area contributed by atoms with Crippen LogP contribution in [0.1, 0.15) is 22.5 Å². The largest absolute Gasteiger partial charge is 0.317 e. The van der Waals surface area contributed by atoms with E-state index in [2.05, 4.69) is 30.7 Å². The molecule has 0 unspecified atom stereocenters. The highest BCUT2D eigenvalue weighted by Gasteiger charge is 2.42. The van der Waals surface area contributed by atoms with E-state index in [-0.39, 0.29) is 5.69 Å². The van der Waals surface area contributed by atoms with Crippen molar-refractivity contribution in [3.63, 3.8) is 0 Å². The number of nitro benzene ring substituents is 1. The van der Waals surface area contributed by atoms with Crippen LogP contribution in [-0.4, -0.2) is 15.7 Å². The highest BCUT2D eigenvalue weighted by atomic mass is 79.9. The number of aryl methyl sites for hydroxylation is 1. The van der Waals surface area contributed by atoms with Crippen LogP contribution in [0.2, 0.25) is 0 Å². The first-order valence-electron chi connectivity index (χ1n) is 11.2. The molecule has 1 aromatic heterocycles. The van der Waals surface area contributed by atoms with E-state index in [0.717, 1.165) is 28.2 Å². The van der Waals surface area contributed by atoms with E-state index in [9.17, 15) is 10.1 Å². The summed E-state index contributed by atoms with van der Waals surface area (Å²) in [4.78, 5) is 10.8. The number of hydrogen-bond donors (Lipinski definition) is 1. The Hall–Kier alpha value is -3.68. The van der Waals surface area contributed by atoms with Gasteiger partial charge in [-0.3, -0.25) is 14.7 Å². The monoisotopic (exact) mass is 563 g/mol. The van der Waals surface area contributed by atoms with Gasteiger partial charge in [0.25, 0.3) is 5.69 Å². The molecule has 4 aromatic rings. The van der Waals surface area contributed by atoms with E-state index in [1.54, 1.807) is 12.3 Å². The molecular formula is C26H23BrN5O3P. The molecule has 0 bridgehead atoms. The Kier molecular flexibility index (Phi) is 6.06. The first-order valence-corrected chi connectivity index (χ1v) is 13.7. The SMILES string of the molecule is Cc1ccc(-n2c(C)c3c(c2C)[P@@](=O)(Nc2ccc([N+](=O)[O-])cc2Br)N(c2ccccc2)N=C3)cc1. The van der Waals surface area contributed by atoms with Crippen molar-refractivity contribution in [3.8, 4) is 5.69 Å². The Morgan fingerprint density at radius 2 is 1.64 bits per heavy atom. The minimum absolute atomic E-state index is 0.0643. The average Bonchev–Trinajstić information content (AvgIpc) is 3.12. The molecule has 0 radical (unpaired) electrons. The molecule has 182 valence electrons. The fraction of sp³-hybridized carbons (Fsp3) is 0.115. The van der Waals surface area contributed by atoms with Crippen LogP contribution in [0, 0.1) is 30.9 Å². The number of rotatable bonds is 5. The summed E-state index contributed by atoms with van der Waals surface area (Å²) in [6.45, 7) is 5.98. The van der Waals surface area contributed by atoms with Gasteiger partial charge in [0.15, 0.2) is 0 Å². The lowest BCUT2D eigenvalue weighted by molar-refractivity contribution is -0.384. The average molecular weight is 564 g/mol. The van der Waals surface area contributed by atoms with Crippen molar-refractivity contribution < 1.29 is 9.49 Å². The quantitative estimate of drug-likeness (QED) is 0.163. The number of hydrazone groups is 1. The van der Waals surface area contributed by atoms with Gasteiger partial charge in [-0.2, -0.15) is 9.88 Å². The highest BCUT2D eigenvalue weighted by molar-refractivity contribution is 9.10. The van der Waals surface area contributed by atoms with Crippen LogP contribution < -0.4 is 15.2 Å². The summed E-state index contributed by atoms with van der Waals surface area (Å²) in [6, 6.07) is 21.8. The number of nitro groups is 1. The van der Waals surface area contributed by atoms with Crippen LogP contribution in [0.4, 0.5) is 17.1 Å². The summed E-state index contributed by atoms with van der Waals surface area (Å²) in [5.74, 6) is 0. The van der Waals surface area contributed by atoms with Crippen molar-refractivity contribution in [2.75, 3.05) is 9.87 Å². The van der Waals surface area contributed by atoms with Crippen molar-refractivity contribution in [3.05, 3.63) is 110 Å². The number of hydrogen-bond acceptors (Lipinski definition) is 4. The van der Waals surface area contributed by atoms with Crippen LogP contribution in [0.5, 0.6) is 0 Å². The Morgan fingerprint density at radius 1 is 0.944 bits per heavy atom. The van der Waals surface area contributed by atoms with Gasteiger partial charge in [0, 0.05) is 39.2 Å². The minimum Gasteiger partial charge on any atom is -0.317 e.